The zero-order valence-corrected chi connectivity index (χ0v) is 12.2. The summed E-state index contributed by atoms with van der Waals surface area (Å²) < 4.78 is 28.9. The summed E-state index contributed by atoms with van der Waals surface area (Å²) in [6.07, 6.45) is -0.175. The number of methoxy groups -OCH3 is 1. The van der Waals surface area contributed by atoms with Crippen LogP contribution in [0.3, 0.4) is 0 Å². The summed E-state index contributed by atoms with van der Waals surface area (Å²) in [6.45, 7) is 0. The quantitative estimate of drug-likeness (QED) is 0.549. The fourth-order valence-corrected chi connectivity index (χ4v) is 3.57. The summed E-state index contributed by atoms with van der Waals surface area (Å²) in [4.78, 5) is 7.44. The van der Waals surface area contributed by atoms with E-state index in [0.717, 1.165) is 6.21 Å². The molecule has 8 nitrogen and oxygen atoms in total. The minimum absolute atomic E-state index is 0.0454. The maximum atomic E-state index is 12.1. The number of aliphatic imine (C=N–C) groups is 1. The number of phenolic OH excluding ortho intramolecular Hbond substituents is 2. The van der Waals surface area contributed by atoms with E-state index in [2.05, 4.69) is 9.98 Å². The fraction of sp³-hybridized carbons (Fsp3) is 0.231. The molecule has 116 valence electrons. The maximum Gasteiger partial charge on any atom is 0.198 e. The number of hydrogen-bond acceptors (Lipinski definition) is 8. The van der Waals surface area contributed by atoms with E-state index in [1.807, 2.05) is 0 Å². The first-order valence-electron chi connectivity index (χ1n) is 6.21. The SMILES string of the molecule is COC(O)c1ccc2c(O)c3c(c(O)c2n1)N=CCS3(=O)=O. The molecule has 0 amide bonds. The van der Waals surface area contributed by atoms with E-state index < -0.39 is 32.5 Å². The van der Waals surface area contributed by atoms with Gasteiger partial charge in [-0.15, -0.1) is 0 Å². The van der Waals surface area contributed by atoms with Crippen molar-refractivity contribution in [2.45, 2.75) is 11.2 Å². The van der Waals surface area contributed by atoms with Crippen molar-refractivity contribution >= 4 is 32.6 Å². The molecule has 0 radical (unpaired) electrons. The van der Waals surface area contributed by atoms with Crippen LogP contribution in [-0.4, -0.2) is 47.8 Å². The third-order valence-corrected chi connectivity index (χ3v) is 4.95. The summed E-state index contributed by atoms with van der Waals surface area (Å²) in [5, 5.41) is 30.2. The molecule has 2 aromatic rings. The van der Waals surface area contributed by atoms with Crippen LogP contribution in [-0.2, 0) is 14.6 Å². The Bertz CT molecular complexity index is 907. The van der Waals surface area contributed by atoms with Crippen LogP contribution < -0.4 is 0 Å². The van der Waals surface area contributed by atoms with Gasteiger partial charge in [-0.25, -0.2) is 13.4 Å². The number of pyridine rings is 1. The second-order valence-corrected chi connectivity index (χ2v) is 6.66. The summed E-state index contributed by atoms with van der Waals surface area (Å²) in [5.74, 6) is -1.36. The Morgan fingerprint density at radius 3 is 2.68 bits per heavy atom. The molecule has 1 unspecified atom stereocenters. The zero-order chi connectivity index (χ0) is 16.1. The first-order valence-corrected chi connectivity index (χ1v) is 7.86. The third kappa shape index (κ3) is 2.02. The van der Waals surface area contributed by atoms with Crippen molar-refractivity contribution in [2.24, 2.45) is 4.99 Å². The second-order valence-electron chi connectivity index (χ2n) is 4.69. The van der Waals surface area contributed by atoms with Crippen LogP contribution in [0.2, 0.25) is 0 Å². The molecule has 22 heavy (non-hydrogen) atoms. The predicted molar refractivity (Wildman–Crippen MR) is 77.2 cm³/mol. The molecular weight excluding hydrogens is 312 g/mol. The van der Waals surface area contributed by atoms with Gasteiger partial charge in [-0.2, -0.15) is 0 Å². The summed E-state index contributed by atoms with van der Waals surface area (Å²) in [5.41, 5.74) is -0.223. The lowest BCUT2D eigenvalue weighted by atomic mass is 10.1. The lowest BCUT2D eigenvalue weighted by Gasteiger charge is -2.17. The van der Waals surface area contributed by atoms with Crippen molar-refractivity contribution in [1.29, 1.82) is 0 Å². The lowest BCUT2D eigenvalue weighted by molar-refractivity contribution is -0.0796. The van der Waals surface area contributed by atoms with Crippen molar-refractivity contribution in [3.8, 4) is 11.5 Å². The Balaban J connectivity index is 2.41. The molecule has 0 saturated heterocycles. The normalized spacial score (nSPS) is 17.4. The molecule has 1 aromatic carbocycles. The average Bonchev–Trinajstić information content (AvgIpc) is 2.50. The standard InChI is InChI=1S/C13H12N2O6S/c1-21-13(18)7-3-2-6-8(15-7)11(17)9-12(10(6)16)22(19,20)5-4-14-9/h2-4,13,16-18H,5H2,1H3. The fourth-order valence-electron chi connectivity index (χ4n) is 2.28. The average molecular weight is 324 g/mol. The first kappa shape index (κ1) is 14.7. The molecule has 9 heteroatoms. The van der Waals surface area contributed by atoms with Gasteiger partial charge in [-0.1, -0.05) is 0 Å². The van der Waals surface area contributed by atoms with E-state index in [4.69, 9.17) is 4.74 Å². The molecule has 3 N–H and O–H groups in total. The van der Waals surface area contributed by atoms with E-state index in [1.165, 1.54) is 19.2 Å². The first-order chi connectivity index (χ1) is 10.4. The summed E-state index contributed by atoms with van der Waals surface area (Å²) >= 11 is 0. The van der Waals surface area contributed by atoms with Gasteiger partial charge in [0, 0.05) is 18.7 Å². The zero-order valence-electron chi connectivity index (χ0n) is 11.4. The molecule has 0 aliphatic carbocycles. The second kappa shape index (κ2) is 4.90. The Morgan fingerprint density at radius 2 is 2.00 bits per heavy atom. The van der Waals surface area contributed by atoms with E-state index in [1.54, 1.807) is 0 Å². The van der Waals surface area contributed by atoms with Gasteiger partial charge < -0.3 is 20.1 Å². The molecular formula is C13H12N2O6S. The number of fused-ring (bicyclic) bond motifs is 2. The molecule has 0 bridgehead atoms. The highest BCUT2D eigenvalue weighted by molar-refractivity contribution is 7.92. The van der Waals surface area contributed by atoms with E-state index in [-0.39, 0.29) is 28.0 Å². The van der Waals surface area contributed by atoms with Crippen LogP contribution in [0.5, 0.6) is 11.5 Å². The van der Waals surface area contributed by atoms with Crippen LogP contribution >= 0.6 is 0 Å². The summed E-state index contributed by atoms with van der Waals surface area (Å²) in [7, 11) is -2.50. The van der Waals surface area contributed by atoms with E-state index in [9.17, 15) is 23.7 Å². The van der Waals surface area contributed by atoms with Gasteiger partial charge in [0.15, 0.2) is 21.9 Å². The number of aromatic hydroxyl groups is 2. The molecule has 1 aliphatic heterocycles. The van der Waals surface area contributed by atoms with E-state index in [0.29, 0.717) is 0 Å². The van der Waals surface area contributed by atoms with Gasteiger partial charge in [0.2, 0.25) is 0 Å². The number of nitrogens with zero attached hydrogens (tertiary/aromatic N) is 2. The predicted octanol–water partition coefficient (Wildman–Crippen LogP) is 0.773. The number of aromatic nitrogens is 1. The number of sulfone groups is 1. The van der Waals surface area contributed by atoms with Crippen LogP contribution in [0.25, 0.3) is 10.9 Å². The van der Waals surface area contributed by atoms with Crippen LogP contribution in [0.4, 0.5) is 5.69 Å². The topological polar surface area (TPSA) is 129 Å². The molecule has 1 aromatic heterocycles. The van der Waals surface area contributed by atoms with Crippen molar-refractivity contribution in [3.05, 3.63) is 17.8 Å². The van der Waals surface area contributed by atoms with Crippen molar-refractivity contribution in [3.63, 3.8) is 0 Å². The number of rotatable bonds is 2. The van der Waals surface area contributed by atoms with Crippen molar-refractivity contribution in [1.82, 2.24) is 4.98 Å². The van der Waals surface area contributed by atoms with Gasteiger partial charge in [-0.05, 0) is 12.1 Å². The Labute approximate surface area is 125 Å². The lowest BCUT2D eigenvalue weighted by Crippen LogP contribution is -2.12. The van der Waals surface area contributed by atoms with Crippen LogP contribution in [0.1, 0.15) is 12.0 Å². The molecule has 0 spiro atoms. The van der Waals surface area contributed by atoms with Crippen LogP contribution in [0, 0.1) is 0 Å². The van der Waals surface area contributed by atoms with Crippen LogP contribution in [0.15, 0.2) is 22.0 Å². The highest BCUT2D eigenvalue weighted by atomic mass is 32.2. The Hall–Kier alpha value is -2.23. The van der Waals surface area contributed by atoms with Gasteiger partial charge in [0.1, 0.15) is 21.8 Å². The molecule has 0 saturated carbocycles. The Morgan fingerprint density at radius 1 is 1.27 bits per heavy atom. The number of ether oxygens (including phenoxy) is 1. The number of aliphatic hydroxyl groups is 1. The molecule has 0 fully saturated rings. The van der Waals surface area contributed by atoms with Gasteiger partial charge in [-0.3, -0.25) is 4.99 Å². The monoisotopic (exact) mass is 324 g/mol. The van der Waals surface area contributed by atoms with Crippen molar-refractivity contribution < 1.29 is 28.5 Å². The van der Waals surface area contributed by atoms with Crippen molar-refractivity contribution in [2.75, 3.05) is 12.9 Å². The largest absolute Gasteiger partial charge is 0.506 e. The molecule has 1 aliphatic rings. The molecule has 2 heterocycles. The number of benzene rings is 1. The highest BCUT2D eigenvalue weighted by Crippen LogP contribution is 2.47. The highest BCUT2D eigenvalue weighted by Gasteiger charge is 2.31. The third-order valence-electron chi connectivity index (χ3n) is 3.35. The number of aliphatic hydroxyl groups excluding tert-OH is 1. The minimum atomic E-state index is -3.78. The van der Waals surface area contributed by atoms with Gasteiger partial charge >= 0.3 is 0 Å². The minimum Gasteiger partial charge on any atom is -0.506 e. The van der Waals surface area contributed by atoms with Gasteiger partial charge in [0.05, 0.1) is 11.4 Å². The molecule has 1 atom stereocenters. The smallest absolute Gasteiger partial charge is 0.198 e. The number of phenols is 2. The molecule has 3 rings (SSSR count). The van der Waals surface area contributed by atoms with E-state index >= 15 is 0 Å². The summed E-state index contributed by atoms with van der Waals surface area (Å²) in [6, 6.07) is 2.71. The number of hydrogen-bond donors (Lipinski definition) is 3. The van der Waals surface area contributed by atoms with Gasteiger partial charge in [0.25, 0.3) is 0 Å². The maximum absolute atomic E-state index is 12.1. The Kier molecular flexibility index (Phi) is 3.28.